The van der Waals surface area contributed by atoms with Crippen LogP contribution in [0.5, 0.6) is 0 Å². The summed E-state index contributed by atoms with van der Waals surface area (Å²) in [6, 6.07) is 10.2. The standard InChI is InChI=1S/C19H25N5O/c1-15(24-13-8-16-6-2-3-7-17(16)14-24)18(25)20-9-4-10-21-19-22-11-5-12-23-19/h2-3,5-7,11-12,15H,4,8-10,13-14H2,1H3,(H,20,25)(H,21,22,23)/t15-/m1/s1. The van der Waals surface area contributed by atoms with Crippen LogP contribution in [0.25, 0.3) is 0 Å². The normalized spacial score (nSPS) is 15.2. The molecule has 0 aliphatic carbocycles. The molecule has 132 valence electrons. The van der Waals surface area contributed by atoms with E-state index in [0.717, 1.165) is 32.5 Å². The molecule has 25 heavy (non-hydrogen) atoms. The van der Waals surface area contributed by atoms with Gasteiger partial charge in [-0.3, -0.25) is 9.69 Å². The molecule has 1 amide bonds. The van der Waals surface area contributed by atoms with Crippen molar-refractivity contribution in [1.82, 2.24) is 20.2 Å². The van der Waals surface area contributed by atoms with Crippen LogP contribution in [0, 0.1) is 0 Å². The Labute approximate surface area is 148 Å². The van der Waals surface area contributed by atoms with E-state index in [0.29, 0.717) is 12.5 Å². The quantitative estimate of drug-likeness (QED) is 0.753. The molecule has 1 atom stereocenters. The van der Waals surface area contributed by atoms with Crippen LogP contribution in [0.2, 0.25) is 0 Å². The highest BCUT2D eigenvalue weighted by molar-refractivity contribution is 5.81. The van der Waals surface area contributed by atoms with E-state index in [1.54, 1.807) is 18.5 Å². The van der Waals surface area contributed by atoms with E-state index in [4.69, 9.17) is 0 Å². The number of fused-ring (bicyclic) bond motifs is 1. The summed E-state index contributed by atoms with van der Waals surface area (Å²) in [5.41, 5.74) is 2.74. The molecule has 0 saturated carbocycles. The molecule has 6 heteroatoms. The van der Waals surface area contributed by atoms with Gasteiger partial charge in [0.2, 0.25) is 11.9 Å². The van der Waals surface area contributed by atoms with Crippen LogP contribution < -0.4 is 10.6 Å². The SMILES string of the molecule is C[C@H](C(=O)NCCCNc1ncccn1)N1CCc2ccccc2C1. The van der Waals surface area contributed by atoms with Gasteiger partial charge in [0.05, 0.1) is 6.04 Å². The van der Waals surface area contributed by atoms with Gasteiger partial charge in [-0.1, -0.05) is 24.3 Å². The Kier molecular flexibility index (Phi) is 5.95. The Balaban J connectivity index is 1.38. The summed E-state index contributed by atoms with van der Waals surface area (Å²) >= 11 is 0. The minimum atomic E-state index is -0.112. The fourth-order valence-electron chi connectivity index (χ4n) is 3.05. The smallest absolute Gasteiger partial charge is 0.237 e. The lowest BCUT2D eigenvalue weighted by Gasteiger charge is -2.32. The van der Waals surface area contributed by atoms with E-state index in [1.807, 2.05) is 6.92 Å². The second-order valence-electron chi connectivity index (χ2n) is 6.31. The van der Waals surface area contributed by atoms with Crippen molar-refractivity contribution in [1.29, 1.82) is 0 Å². The van der Waals surface area contributed by atoms with Crippen molar-refractivity contribution in [2.24, 2.45) is 0 Å². The van der Waals surface area contributed by atoms with Crippen molar-refractivity contribution in [3.05, 3.63) is 53.9 Å². The molecule has 3 rings (SSSR count). The van der Waals surface area contributed by atoms with E-state index in [9.17, 15) is 4.79 Å². The average Bonchev–Trinajstić information content (AvgIpc) is 2.67. The number of anilines is 1. The van der Waals surface area contributed by atoms with Crippen molar-refractivity contribution < 1.29 is 4.79 Å². The zero-order valence-electron chi connectivity index (χ0n) is 14.6. The second kappa shape index (κ2) is 8.58. The summed E-state index contributed by atoms with van der Waals surface area (Å²) in [6.07, 6.45) is 5.25. The molecule has 0 spiro atoms. The van der Waals surface area contributed by atoms with Gasteiger partial charge in [-0.05, 0) is 37.0 Å². The zero-order chi connectivity index (χ0) is 17.5. The molecule has 2 aromatic rings. The second-order valence-corrected chi connectivity index (χ2v) is 6.31. The topological polar surface area (TPSA) is 70.1 Å². The molecule has 2 N–H and O–H groups in total. The fraction of sp³-hybridized carbons (Fsp3) is 0.421. The largest absolute Gasteiger partial charge is 0.355 e. The Bertz CT molecular complexity index is 691. The molecule has 2 heterocycles. The minimum absolute atomic E-state index is 0.0929. The summed E-state index contributed by atoms with van der Waals surface area (Å²) < 4.78 is 0. The fourth-order valence-corrected chi connectivity index (χ4v) is 3.05. The predicted octanol–water partition coefficient (Wildman–Crippen LogP) is 1.84. The van der Waals surface area contributed by atoms with Crippen LogP contribution in [-0.2, 0) is 17.8 Å². The maximum atomic E-state index is 12.4. The van der Waals surface area contributed by atoms with E-state index < -0.39 is 0 Å². The summed E-state index contributed by atoms with van der Waals surface area (Å²) in [6.45, 7) is 5.14. The number of aromatic nitrogens is 2. The van der Waals surface area contributed by atoms with Gasteiger partial charge in [-0.25, -0.2) is 9.97 Å². The highest BCUT2D eigenvalue weighted by atomic mass is 16.2. The zero-order valence-corrected chi connectivity index (χ0v) is 14.6. The first kappa shape index (κ1) is 17.4. The molecule has 6 nitrogen and oxygen atoms in total. The van der Waals surface area contributed by atoms with Crippen LogP contribution in [0.15, 0.2) is 42.7 Å². The van der Waals surface area contributed by atoms with E-state index in [-0.39, 0.29) is 11.9 Å². The molecular weight excluding hydrogens is 314 g/mol. The number of carbonyl (C=O) groups excluding carboxylic acids is 1. The number of carbonyl (C=O) groups is 1. The summed E-state index contributed by atoms with van der Waals surface area (Å²) in [7, 11) is 0. The Morgan fingerprint density at radius 1 is 1.16 bits per heavy atom. The van der Waals surface area contributed by atoms with Crippen LogP contribution in [0.1, 0.15) is 24.5 Å². The maximum absolute atomic E-state index is 12.4. The predicted molar refractivity (Wildman–Crippen MR) is 98.2 cm³/mol. The van der Waals surface area contributed by atoms with Gasteiger partial charge in [0.15, 0.2) is 0 Å². The molecule has 0 bridgehead atoms. The maximum Gasteiger partial charge on any atom is 0.237 e. The first-order chi connectivity index (χ1) is 12.2. The first-order valence-corrected chi connectivity index (χ1v) is 8.83. The molecule has 1 aromatic heterocycles. The van der Waals surface area contributed by atoms with Crippen molar-refractivity contribution in [3.63, 3.8) is 0 Å². The van der Waals surface area contributed by atoms with E-state index in [2.05, 4.69) is 49.8 Å². The molecule has 0 unspecified atom stereocenters. The van der Waals surface area contributed by atoms with Gasteiger partial charge in [0, 0.05) is 38.6 Å². The summed E-state index contributed by atoms with van der Waals surface area (Å²) in [4.78, 5) is 22.8. The molecule has 0 saturated heterocycles. The monoisotopic (exact) mass is 339 g/mol. The van der Waals surface area contributed by atoms with Crippen molar-refractivity contribution >= 4 is 11.9 Å². The Hall–Kier alpha value is -2.47. The van der Waals surface area contributed by atoms with Crippen LogP contribution in [0.3, 0.4) is 0 Å². The van der Waals surface area contributed by atoms with Crippen molar-refractivity contribution in [2.75, 3.05) is 25.0 Å². The van der Waals surface area contributed by atoms with Crippen molar-refractivity contribution in [2.45, 2.75) is 32.4 Å². The van der Waals surface area contributed by atoms with Gasteiger partial charge in [0.1, 0.15) is 0 Å². The van der Waals surface area contributed by atoms with Gasteiger partial charge in [0.25, 0.3) is 0 Å². The number of amides is 1. The number of hydrogen-bond donors (Lipinski definition) is 2. The number of benzene rings is 1. The lowest BCUT2D eigenvalue weighted by atomic mass is 9.99. The Morgan fingerprint density at radius 2 is 1.92 bits per heavy atom. The molecule has 1 aromatic carbocycles. The number of nitrogens with zero attached hydrogens (tertiary/aromatic N) is 3. The third kappa shape index (κ3) is 4.76. The lowest BCUT2D eigenvalue weighted by Crippen LogP contribution is -2.47. The van der Waals surface area contributed by atoms with E-state index in [1.165, 1.54) is 11.1 Å². The minimum Gasteiger partial charge on any atom is -0.355 e. The third-order valence-corrected chi connectivity index (χ3v) is 4.59. The number of rotatable bonds is 7. The Morgan fingerprint density at radius 3 is 2.72 bits per heavy atom. The molecule has 0 fully saturated rings. The number of nitrogens with one attached hydrogen (secondary N) is 2. The van der Waals surface area contributed by atoms with Crippen LogP contribution in [0.4, 0.5) is 5.95 Å². The first-order valence-electron chi connectivity index (χ1n) is 8.83. The van der Waals surface area contributed by atoms with Crippen LogP contribution >= 0.6 is 0 Å². The third-order valence-electron chi connectivity index (χ3n) is 4.59. The van der Waals surface area contributed by atoms with Crippen molar-refractivity contribution in [3.8, 4) is 0 Å². The molecule has 1 aliphatic heterocycles. The molecular formula is C19H25N5O. The molecule has 1 aliphatic rings. The summed E-state index contributed by atoms with van der Waals surface area (Å²) in [5, 5.41) is 6.17. The van der Waals surface area contributed by atoms with Gasteiger partial charge in [-0.15, -0.1) is 0 Å². The molecule has 0 radical (unpaired) electrons. The van der Waals surface area contributed by atoms with Crippen LogP contribution in [-0.4, -0.2) is 46.5 Å². The lowest BCUT2D eigenvalue weighted by molar-refractivity contribution is -0.126. The van der Waals surface area contributed by atoms with E-state index >= 15 is 0 Å². The summed E-state index contributed by atoms with van der Waals surface area (Å²) in [5.74, 6) is 0.713. The van der Waals surface area contributed by atoms with Gasteiger partial charge < -0.3 is 10.6 Å². The van der Waals surface area contributed by atoms with Gasteiger partial charge in [-0.2, -0.15) is 0 Å². The average molecular weight is 339 g/mol. The highest BCUT2D eigenvalue weighted by Gasteiger charge is 2.24. The van der Waals surface area contributed by atoms with Gasteiger partial charge >= 0.3 is 0 Å². The highest BCUT2D eigenvalue weighted by Crippen LogP contribution is 2.20. The number of hydrogen-bond acceptors (Lipinski definition) is 5.